The summed E-state index contributed by atoms with van der Waals surface area (Å²) in [5.74, 6) is 0. The van der Waals surface area contributed by atoms with Crippen molar-refractivity contribution >= 4 is 0 Å². The number of rotatable bonds is 5. The van der Waals surface area contributed by atoms with E-state index in [2.05, 4.69) is 4.98 Å². The summed E-state index contributed by atoms with van der Waals surface area (Å²) in [7, 11) is 3.19. The first kappa shape index (κ1) is 12.2. The number of imidazole rings is 1. The fraction of sp³-hybridized carbons (Fsp3) is 0.700. The Balaban J connectivity index is 2.86. The van der Waals surface area contributed by atoms with Crippen LogP contribution in [0.3, 0.4) is 0 Å². The highest BCUT2D eigenvalue weighted by Gasteiger charge is 2.18. The predicted octanol–water partition coefficient (Wildman–Crippen LogP) is 0.912. The molecule has 0 spiro atoms. The number of hydrogen-bond acceptors (Lipinski definition) is 4. The van der Waals surface area contributed by atoms with Gasteiger partial charge in [-0.15, -0.1) is 0 Å². The third-order valence-electron chi connectivity index (χ3n) is 1.99. The van der Waals surface area contributed by atoms with E-state index in [-0.39, 0.29) is 5.54 Å². The number of ether oxygens (including phenoxy) is 2. The van der Waals surface area contributed by atoms with Gasteiger partial charge in [-0.3, -0.25) is 0 Å². The lowest BCUT2D eigenvalue weighted by molar-refractivity contribution is -0.110. The minimum Gasteiger partial charge on any atom is -0.350 e. The molecule has 0 radical (unpaired) electrons. The number of aromatic nitrogens is 2. The van der Waals surface area contributed by atoms with Crippen LogP contribution in [0, 0.1) is 0 Å². The van der Waals surface area contributed by atoms with Crippen molar-refractivity contribution in [2.24, 2.45) is 5.73 Å². The summed E-state index contributed by atoms with van der Waals surface area (Å²) in [5.41, 5.74) is 6.53. The summed E-state index contributed by atoms with van der Waals surface area (Å²) in [6.07, 6.45) is 3.06. The zero-order chi connectivity index (χ0) is 11.5. The van der Waals surface area contributed by atoms with Gasteiger partial charge in [-0.25, -0.2) is 4.98 Å². The standard InChI is InChI=1S/C10H19N3O2/c1-10(2,11)6-13-7-12-5-8(13)9(14-3)15-4/h5,7,9H,6,11H2,1-4H3. The average Bonchev–Trinajstić information content (AvgIpc) is 2.53. The molecule has 0 aliphatic rings. The van der Waals surface area contributed by atoms with E-state index in [1.54, 1.807) is 26.7 Å². The lowest BCUT2D eigenvalue weighted by Crippen LogP contribution is -2.37. The average molecular weight is 213 g/mol. The lowest BCUT2D eigenvalue weighted by Gasteiger charge is -2.22. The third kappa shape index (κ3) is 3.30. The first-order valence-corrected chi connectivity index (χ1v) is 4.82. The lowest BCUT2D eigenvalue weighted by atomic mass is 10.1. The van der Waals surface area contributed by atoms with Gasteiger partial charge in [0.05, 0.1) is 18.2 Å². The number of nitrogens with two attached hydrogens (primary N) is 1. The molecule has 1 aromatic heterocycles. The van der Waals surface area contributed by atoms with Gasteiger partial charge in [0.15, 0.2) is 6.29 Å². The van der Waals surface area contributed by atoms with Gasteiger partial charge < -0.3 is 19.8 Å². The van der Waals surface area contributed by atoms with Gasteiger partial charge in [-0.1, -0.05) is 0 Å². The Bertz CT molecular complexity index is 300. The smallest absolute Gasteiger partial charge is 0.200 e. The molecule has 2 N–H and O–H groups in total. The predicted molar refractivity (Wildman–Crippen MR) is 57.3 cm³/mol. The van der Waals surface area contributed by atoms with Crippen molar-refractivity contribution in [1.29, 1.82) is 0 Å². The Labute approximate surface area is 90.2 Å². The van der Waals surface area contributed by atoms with Crippen LogP contribution in [0.4, 0.5) is 0 Å². The molecule has 1 heterocycles. The zero-order valence-corrected chi connectivity index (χ0v) is 9.73. The van der Waals surface area contributed by atoms with E-state index in [1.807, 2.05) is 18.4 Å². The molecule has 0 amide bonds. The third-order valence-corrected chi connectivity index (χ3v) is 1.99. The Morgan fingerprint density at radius 3 is 2.53 bits per heavy atom. The van der Waals surface area contributed by atoms with Crippen LogP contribution < -0.4 is 5.73 Å². The van der Waals surface area contributed by atoms with E-state index in [0.29, 0.717) is 6.54 Å². The van der Waals surface area contributed by atoms with Crippen LogP contribution in [-0.4, -0.2) is 29.3 Å². The van der Waals surface area contributed by atoms with Gasteiger partial charge in [-0.05, 0) is 13.8 Å². The van der Waals surface area contributed by atoms with Crippen molar-refractivity contribution in [2.75, 3.05) is 14.2 Å². The molecule has 0 aliphatic carbocycles. The summed E-state index contributed by atoms with van der Waals surface area (Å²) < 4.78 is 12.3. The van der Waals surface area contributed by atoms with Gasteiger partial charge in [0, 0.05) is 26.3 Å². The van der Waals surface area contributed by atoms with E-state index in [4.69, 9.17) is 15.2 Å². The molecule has 0 unspecified atom stereocenters. The van der Waals surface area contributed by atoms with Crippen LogP contribution in [0.2, 0.25) is 0 Å². The quantitative estimate of drug-likeness (QED) is 0.738. The molecule has 5 heteroatoms. The van der Waals surface area contributed by atoms with E-state index in [9.17, 15) is 0 Å². The van der Waals surface area contributed by atoms with Crippen molar-refractivity contribution < 1.29 is 9.47 Å². The van der Waals surface area contributed by atoms with Crippen LogP contribution in [0.1, 0.15) is 25.8 Å². The van der Waals surface area contributed by atoms with Crippen LogP contribution in [0.5, 0.6) is 0 Å². The molecule has 0 bridgehead atoms. The van der Waals surface area contributed by atoms with Gasteiger partial charge in [0.1, 0.15) is 0 Å². The van der Waals surface area contributed by atoms with Crippen molar-refractivity contribution in [3.05, 3.63) is 18.2 Å². The summed E-state index contributed by atoms with van der Waals surface area (Å²) in [4.78, 5) is 4.07. The topological polar surface area (TPSA) is 62.3 Å². The molecule has 0 atom stereocenters. The highest BCUT2D eigenvalue weighted by Crippen LogP contribution is 2.18. The molecule has 86 valence electrons. The van der Waals surface area contributed by atoms with E-state index < -0.39 is 6.29 Å². The highest BCUT2D eigenvalue weighted by atomic mass is 16.7. The van der Waals surface area contributed by atoms with Gasteiger partial charge in [-0.2, -0.15) is 0 Å². The van der Waals surface area contributed by atoms with Crippen LogP contribution in [0.25, 0.3) is 0 Å². The summed E-state index contributed by atoms with van der Waals surface area (Å²) in [5, 5.41) is 0. The molecule has 0 saturated heterocycles. The fourth-order valence-corrected chi connectivity index (χ4v) is 1.44. The molecular formula is C10H19N3O2. The summed E-state index contributed by atoms with van der Waals surface area (Å²) in [6.45, 7) is 4.60. The van der Waals surface area contributed by atoms with Crippen molar-refractivity contribution in [2.45, 2.75) is 32.2 Å². The summed E-state index contributed by atoms with van der Waals surface area (Å²) >= 11 is 0. The maximum atomic E-state index is 5.95. The van der Waals surface area contributed by atoms with Gasteiger partial charge in [0.2, 0.25) is 0 Å². The van der Waals surface area contributed by atoms with Crippen molar-refractivity contribution in [1.82, 2.24) is 9.55 Å². The molecule has 5 nitrogen and oxygen atoms in total. The number of nitrogens with zero attached hydrogens (tertiary/aromatic N) is 2. The van der Waals surface area contributed by atoms with E-state index in [0.717, 1.165) is 5.69 Å². The first-order valence-electron chi connectivity index (χ1n) is 4.82. The monoisotopic (exact) mass is 213 g/mol. The maximum absolute atomic E-state index is 5.95. The molecule has 15 heavy (non-hydrogen) atoms. The Hall–Kier alpha value is -0.910. The molecule has 1 rings (SSSR count). The largest absolute Gasteiger partial charge is 0.350 e. The molecule has 0 saturated carbocycles. The Kier molecular flexibility index (Phi) is 3.84. The molecule has 0 aliphatic heterocycles. The second-order valence-corrected chi connectivity index (χ2v) is 4.24. The van der Waals surface area contributed by atoms with Crippen LogP contribution >= 0.6 is 0 Å². The van der Waals surface area contributed by atoms with E-state index in [1.165, 1.54) is 0 Å². The van der Waals surface area contributed by atoms with Crippen LogP contribution in [-0.2, 0) is 16.0 Å². The van der Waals surface area contributed by atoms with Gasteiger partial charge in [0.25, 0.3) is 0 Å². The van der Waals surface area contributed by atoms with Crippen molar-refractivity contribution in [3.8, 4) is 0 Å². The number of hydrogen-bond donors (Lipinski definition) is 1. The zero-order valence-electron chi connectivity index (χ0n) is 9.73. The van der Waals surface area contributed by atoms with Crippen molar-refractivity contribution in [3.63, 3.8) is 0 Å². The Morgan fingerprint density at radius 2 is 2.07 bits per heavy atom. The molecular weight excluding hydrogens is 194 g/mol. The normalized spacial score (nSPS) is 12.4. The van der Waals surface area contributed by atoms with Gasteiger partial charge >= 0.3 is 0 Å². The highest BCUT2D eigenvalue weighted by molar-refractivity contribution is 5.01. The number of methoxy groups -OCH3 is 2. The van der Waals surface area contributed by atoms with E-state index >= 15 is 0 Å². The minimum absolute atomic E-state index is 0.290. The molecule has 1 aromatic rings. The molecule has 0 fully saturated rings. The second kappa shape index (κ2) is 4.74. The SMILES string of the molecule is COC(OC)c1cncn1CC(C)(C)N. The molecule has 0 aromatic carbocycles. The summed E-state index contributed by atoms with van der Waals surface area (Å²) in [6, 6.07) is 0. The second-order valence-electron chi connectivity index (χ2n) is 4.24. The minimum atomic E-state index is -0.394. The first-order chi connectivity index (χ1) is 6.98. The Morgan fingerprint density at radius 1 is 1.47 bits per heavy atom. The fourth-order valence-electron chi connectivity index (χ4n) is 1.44. The van der Waals surface area contributed by atoms with Crippen LogP contribution in [0.15, 0.2) is 12.5 Å². The maximum Gasteiger partial charge on any atom is 0.200 e.